The molecule has 0 unspecified atom stereocenters. The van der Waals surface area contributed by atoms with Crippen molar-refractivity contribution in [1.29, 1.82) is 0 Å². The molecule has 0 fully saturated rings. The lowest BCUT2D eigenvalue weighted by atomic mass is 10.1. The van der Waals surface area contributed by atoms with E-state index in [0.717, 1.165) is 11.4 Å². The number of rotatable bonds is 6. The molecule has 1 aromatic carbocycles. The highest BCUT2D eigenvalue weighted by molar-refractivity contribution is 5.99. The van der Waals surface area contributed by atoms with Crippen molar-refractivity contribution < 1.29 is 23.6 Å². The van der Waals surface area contributed by atoms with Crippen LogP contribution in [0, 0.1) is 20.8 Å². The molecule has 0 saturated heterocycles. The molecule has 0 radical (unpaired) electrons. The van der Waals surface area contributed by atoms with E-state index < -0.39 is 5.97 Å². The number of hydrogen-bond donors (Lipinski definition) is 0. The van der Waals surface area contributed by atoms with Gasteiger partial charge in [-0.3, -0.25) is 9.36 Å². The summed E-state index contributed by atoms with van der Waals surface area (Å²) >= 11 is 0. The van der Waals surface area contributed by atoms with Crippen LogP contribution >= 0.6 is 0 Å². The third-order valence-corrected chi connectivity index (χ3v) is 4.23. The van der Waals surface area contributed by atoms with E-state index in [1.165, 1.54) is 7.11 Å². The molecule has 140 valence electrons. The van der Waals surface area contributed by atoms with Gasteiger partial charge in [-0.15, -0.1) is 0 Å². The molecule has 3 aromatic rings. The van der Waals surface area contributed by atoms with Crippen LogP contribution in [0.4, 0.5) is 0 Å². The van der Waals surface area contributed by atoms with Gasteiger partial charge in [-0.1, -0.05) is 17.3 Å². The van der Waals surface area contributed by atoms with Crippen molar-refractivity contribution >= 4 is 11.8 Å². The highest BCUT2D eigenvalue weighted by Gasteiger charge is 2.20. The molecular weight excluding hydrogens is 348 g/mol. The Kier molecular flexibility index (Phi) is 5.12. The smallest absolute Gasteiger partial charge is 0.341 e. The summed E-state index contributed by atoms with van der Waals surface area (Å²) in [5.74, 6) is 0.900. The van der Waals surface area contributed by atoms with Crippen LogP contribution in [-0.2, 0) is 4.74 Å². The first kappa shape index (κ1) is 18.4. The maximum Gasteiger partial charge on any atom is 0.341 e. The summed E-state index contributed by atoms with van der Waals surface area (Å²) in [5.41, 5.74) is 2.41. The monoisotopic (exact) mass is 368 g/mol. The van der Waals surface area contributed by atoms with E-state index in [1.54, 1.807) is 36.4 Å². The molecule has 0 spiro atoms. The lowest BCUT2D eigenvalue weighted by Crippen LogP contribution is -2.14. The minimum atomic E-state index is -0.516. The van der Waals surface area contributed by atoms with E-state index in [4.69, 9.17) is 14.0 Å². The second-order valence-electron chi connectivity index (χ2n) is 6.12. The second kappa shape index (κ2) is 7.49. The SMILES string of the molecule is COC(=O)c1ccccc1OCC(=O)c1cc(C)n(-c2cc(C)on2)c1C. The Labute approximate surface area is 156 Å². The van der Waals surface area contributed by atoms with Gasteiger partial charge in [-0.25, -0.2) is 4.79 Å². The van der Waals surface area contributed by atoms with E-state index in [2.05, 4.69) is 5.16 Å². The molecule has 0 aliphatic carbocycles. The molecule has 2 heterocycles. The molecule has 3 rings (SSSR count). The van der Waals surface area contributed by atoms with E-state index in [1.807, 2.05) is 25.3 Å². The van der Waals surface area contributed by atoms with Gasteiger partial charge in [-0.05, 0) is 39.0 Å². The fourth-order valence-corrected chi connectivity index (χ4v) is 2.95. The van der Waals surface area contributed by atoms with Crippen LogP contribution in [-0.4, -0.2) is 35.2 Å². The van der Waals surface area contributed by atoms with Crippen LogP contribution in [0.3, 0.4) is 0 Å². The van der Waals surface area contributed by atoms with Gasteiger partial charge in [-0.2, -0.15) is 0 Å². The minimum absolute atomic E-state index is 0.198. The number of ether oxygens (including phenoxy) is 2. The van der Waals surface area contributed by atoms with Crippen molar-refractivity contribution in [2.75, 3.05) is 13.7 Å². The van der Waals surface area contributed by atoms with E-state index in [-0.39, 0.29) is 18.0 Å². The first-order valence-electron chi connectivity index (χ1n) is 8.38. The zero-order valence-corrected chi connectivity index (χ0v) is 15.6. The Morgan fingerprint density at radius 1 is 1.11 bits per heavy atom. The summed E-state index contributed by atoms with van der Waals surface area (Å²) < 4.78 is 17.3. The Balaban J connectivity index is 1.81. The van der Waals surface area contributed by atoms with Gasteiger partial charge in [0.2, 0.25) is 5.78 Å². The standard InChI is InChI=1S/C20H20N2O5/c1-12-9-16(14(3)22(12)19-10-13(2)27-21-19)17(23)11-26-18-8-6-5-7-15(18)20(24)25-4/h5-10H,11H2,1-4H3. The normalized spacial score (nSPS) is 10.7. The third-order valence-electron chi connectivity index (χ3n) is 4.23. The van der Waals surface area contributed by atoms with Crippen molar-refractivity contribution in [3.05, 3.63) is 64.7 Å². The molecule has 7 nitrogen and oxygen atoms in total. The first-order valence-corrected chi connectivity index (χ1v) is 8.38. The van der Waals surface area contributed by atoms with Crippen molar-refractivity contribution in [3.63, 3.8) is 0 Å². The number of esters is 1. The number of methoxy groups -OCH3 is 1. The molecule has 0 saturated carbocycles. The molecular formula is C20H20N2O5. The molecule has 7 heteroatoms. The van der Waals surface area contributed by atoms with Gasteiger partial charge >= 0.3 is 5.97 Å². The Morgan fingerprint density at radius 3 is 2.52 bits per heavy atom. The number of carbonyl (C=O) groups is 2. The number of Topliss-reactive ketones (excluding diaryl/α,β-unsaturated/α-hetero) is 1. The van der Waals surface area contributed by atoms with Gasteiger partial charge in [0.25, 0.3) is 0 Å². The summed E-state index contributed by atoms with van der Waals surface area (Å²) in [4.78, 5) is 24.5. The van der Waals surface area contributed by atoms with Crippen molar-refractivity contribution in [3.8, 4) is 11.6 Å². The lowest BCUT2D eigenvalue weighted by molar-refractivity contribution is 0.0594. The average molecular weight is 368 g/mol. The molecule has 2 aromatic heterocycles. The quantitative estimate of drug-likeness (QED) is 0.490. The van der Waals surface area contributed by atoms with Gasteiger partial charge in [0.1, 0.15) is 17.1 Å². The predicted molar refractivity (Wildman–Crippen MR) is 97.6 cm³/mol. The number of nitrogens with zero attached hydrogens (tertiary/aromatic N) is 2. The summed E-state index contributed by atoms with van der Waals surface area (Å²) in [7, 11) is 1.30. The molecule has 0 N–H and O–H groups in total. The summed E-state index contributed by atoms with van der Waals surface area (Å²) in [5, 5.41) is 4.01. The Bertz CT molecular complexity index is 1000. The fourth-order valence-electron chi connectivity index (χ4n) is 2.95. The van der Waals surface area contributed by atoms with Crippen LogP contribution in [0.5, 0.6) is 5.75 Å². The maximum atomic E-state index is 12.7. The number of para-hydroxylation sites is 1. The van der Waals surface area contributed by atoms with E-state index in [0.29, 0.717) is 22.9 Å². The molecule has 0 bridgehead atoms. The Hall–Kier alpha value is -3.35. The summed E-state index contributed by atoms with van der Waals surface area (Å²) in [6.07, 6.45) is 0. The summed E-state index contributed by atoms with van der Waals surface area (Å²) in [6.45, 7) is 5.34. The largest absolute Gasteiger partial charge is 0.485 e. The van der Waals surface area contributed by atoms with Gasteiger partial charge < -0.3 is 14.0 Å². The number of ketones is 1. The minimum Gasteiger partial charge on any atom is -0.485 e. The molecule has 0 aliphatic heterocycles. The second-order valence-corrected chi connectivity index (χ2v) is 6.12. The zero-order chi connectivity index (χ0) is 19.6. The third kappa shape index (κ3) is 3.62. The van der Waals surface area contributed by atoms with Crippen molar-refractivity contribution in [2.45, 2.75) is 20.8 Å². The molecule has 27 heavy (non-hydrogen) atoms. The molecule has 0 aliphatic rings. The Morgan fingerprint density at radius 2 is 1.85 bits per heavy atom. The van der Waals surface area contributed by atoms with E-state index in [9.17, 15) is 9.59 Å². The van der Waals surface area contributed by atoms with Gasteiger partial charge in [0.05, 0.1) is 7.11 Å². The number of aryl methyl sites for hydroxylation is 2. The highest BCUT2D eigenvalue weighted by atomic mass is 16.5. The van der Waals surface area contributed by atoms with Crippen molar-refractivity contribution in [2.24, 2.45) is 0 Å². The zero-order valence-electron chi connectivity index (χ0n) is 15.6. The highest BCUT2D eigenvalue weighted by Crippen LogP contribution is 2.23. The van der Waals surface area contributed by atoms with Crippen molar-refractivity contribution in [1.82, 2.24) is 9.72 Å². The number of carbonyl (C=O) groups excluding carboxylic acids is 2. The van der Waals surface area contributed by atoms with Crippen LogP contribution in [0.15, 0.2) is 40.9 Å². The van der Waals surface area contributed by atoms with Gasteiger partial charge in [0, 0.05) is 23.0 Å². The van der Waals surface area contributed by atoms with Gasteiger partial charge in [0.15, 0.2) is 12.4 Å². The molecule has 0 amide bonds. The average Bonchev–Trinajstić information content (AvgIpc) is 3.21. The number of benzene rings is 1. The predicted octanol–water partition coefficient (Wildman–Crippen LogP) is 3.44. The van der Waals surface area contributed by atoms with Crippen LogP contribution < -0.4 is 4.74 Å². The summed E-state index contributed by atoms with van der Waals surface area (Å²) in [6, 6.07) is 10.2. The van der Waals surface area contributed by atoms with Crippen LogP contribution in [0.25, 0.3) is 5.82 Å². The fraction of sp³-hybridized carbons (Fsp3) is 0.250. The maximum absolute atomic E-state index is 12.7. The first-order chi connectivity index (χ1) is 12.9. The van der Waals surface area contributed by atoms with E-state index >= 15 is 0 Å². The van der Waals surface area contributed by atoms with Crippen LogP contribution in [0.1, 0.15) is 37.9 Å². The lowest BCUT2D eigenvalue weighted by Gasteiger charge is -2.10. The number of aromatic nitrogens is 2. The number of hydrogen-bond acceptors (Lipinski definition) is 6. The van der Waals surface area contributed by atoms with Crippen LogP contribution in [0.2, 0.25) is 0 Å². The molecule has 0 atom stereocenters. The topological polar surface area (TPSA) is 83.6 Å².